The maximum atomic E-state index is 12.8. The zero-order valence-corrected chi connectivity index (χ0v) is 12.3. The lowest BCUT2D eigenvalue weighted by atomic mass is 9.91. The highest BCUT2D eigenvalue weighted by Gasteiger charge is 2.31. The van der Waals surface area contributed by atoms with Crippen molar-refractivity contribution in [2.24, 2.45) is 5.92 Å². The molecular weight excluding hydrogens is 268 g/mol. The fraction of sp³-hybridized carbons (Fsp3) is 0.500. The van der Waals surface area contributed by atoms with Gasteiger partial charge in [-0.05, 0) is 37.4 Å². The van der Waals surface area contributed by atoms with Gasteiger partial charge in [0.2, 0.25) is 5.91 Å². The first-order chi connectivity index (χ1) is 10.1. The van der Waals surface area contributed by atoms with Gasteiger partial charge >= 0.3 is 5.97 Å². The molecule has 21 heavy (non-hydrogen) atoms. The average molecular weight is 290 g/mol. The molecule has 1 heterocycles. The Bertz CT molecular complexity index is 490. The number of carboxylic acid groups (broad SMARTS) is 1. The standard InChI is InChI=1S/C16H22N2O3/c1-12-6-5-10-17-15(12)16(21)18(11-9-14(19)20)13-7-3-2-4-8-13/h2-4,7-8,12,15,17H,5-6,9-11H2,1H3,(H,19,20). The first-order valence-corrected chi connectivity index (χ1v) is 7.41. The molecule has 0 radical (unpaired) electrons. The fourth-order valence-corrected chi connectivity index (χ4v) is 2.73. The summed E-state index contributed by atoms with van der Waals surface area (Å²) in [5.74, 6) is -0.662. The lowest BCUT2D eigenvalue weighted by molar-refractivity contribution is -0.136. The van der Waals surface area contributed by atoms with Crippen LogP contribution in [0, 0.1) is 5.92 Å². The van der Waals surface area contributed by atoms with E-state index in [0.717, 1.165) is 25.1 Å². The number of carbonyl (C=O) groups is 2. The zero-order chi connectivity index (χ0) is 15.2. The van der Waals surface area contributed by atoms with Crippen LogP contribution >= 0.6 is 0 Å². The van der Waals surface area contributed by atoms with Crippen molar-refractivity contribution in [3.8, 4) is 0 Å². The van der Waals surface area contributed by atoms with E-state index < -0.39 is 5.97 Å². The van der Waals surface area contributed by atoms with Crippen LogP contribution in [0.25, 0.3) is 0 Å². The van der Waals surface area contributed by atoms with Gasteiger partial charge in [-0.15, -0.1) is 0 Å². The third-order valence-corrected chi connectivity index (χ3v) is 3.92. The molecule has 1 aliphatic heterocycles. The Morgan fingerprint density at radius 3 is 2.67 bits per heavy atom. The number of para-hydroxylation sites is 1. The lowest BCUT2D eigenvalue weighted by Crippen LogP contribution is -2.52. The van der Waals surface area contributed by atoms with E-state index in [-0.39, 0.29) is 30.8 Å². The molecule has 1 amide bonds. The number of nitrogens with one attached hydrogen (secondary N) is 1. The molecule has 2 atom stereocenters. The number of carboxylic acids is 1. The van der Waals surface area contributed by atoms with E-state index in [4.69, 9.17) is 5.11 Å². The van der Waals surface area contributed by atoms with Gasteiger partial charge in [0.25, 0.3) is 0 Å². The van der Waals surface area contributed by atoms with Crippen molar-refractivity contribution >= 4 is 17.6 Å². The second-order valence-electron chi connectivity index (χ2n) is 5.52. The Morgan fingerprint density at radius 2 is 2.05 bits per heavy atom. The highest BCUT2D eigenvalue weighted by Crippen LogP contribution is 2.21. The molecule has 0 bridgehead atoms. The number of aliphatic carboxylic acids is 1. The van der Waals surface area contributed by atoms with Gasteiger partial charge in [-0.1, -0.05) is 25.1 Å². The monoisotopic (exact) mass is 290 g/mol. The third-order valence-electron chi connectivity index (χ3n) is 3.92. The number of nitrogens with zero attached hydrogens (tertiary/aromatic N) is 1. The topological polar surface area (TPSA) is 69.6 Å². The summed E-state index contributed by atoms with van der Waals surface area (Å²) in [6, 6.07) is 9.04. The Balaban J connectivity index is 2.17. The fourth-order valence-electron chi connectivity index (χ4n) is 2.73. The number of hydrogen-bond acceptors (Lipinski definition) is 3. The van der Waals surface area contributed by atoms with E-state index in [0.29, 0.717) is 0 Å². The Kier molecular flexibility index (Phi) is 5.33. The van der Waals surface area contributed by atoms with Crippen molar-refractivity contribution in [3.05, 3.63) is 30.3 Å². The highest BCUT2D eigenvalue weighted by molar-refractivity contribution is 5.97. The van der Waals surface area contributed by atoms with Gasteiger partial charge in [0.1, 0.15) is 0 Å². The molecule has 1 aromatic carbocycles. The van der Waals surface area contributed by atoms with Gasteiger partial charge < -0.3 is 15.3 Å². The molecule has 5 nitrogen and oxygen atoms in total. The van der Waals surface area contributed by atoms with Crippen molar-refractivity contribution in [1.82, 2.24) is 5.32 Å². The summed E-state index contributed by atoms with van der Waals surface area (Å²) in [6.45, 7) is 3.10. The molecule has 1 saturated heterocycles. The largest absolute Gasteiger partial charge is 0.481 e. The van der Waals surface area contributed by atoms with Crippen LogP contribution < -0.4 is 10.2 Å². The molecule has 1 aromatic rings. The molecule has 0 aliphatic carbocycles. The van der Waals surface area contributed by atoms with Gasteiger partial charge in [-0.2, -0.15) is 0 Å². The molecule has 0 spiro atoms. The van der Waals surface area contributed by atoms with Crippen molar-refractivity contribution in [2.75, 3.05) is 18.0 Å². The third kappa shape index (κ3) is 4.04. The molecule has 1 fully saturated rings. The summed E-state index contributed by atoms with van der Waals surface area (Å²) in [6.07, 6.45) is 2.04. The maximum absolute atomic E-state index is 12.8. The minimum Gasteiger partial charge on any atom is -0.481 e. The van der Waals surface area contributed by atoms with Crippen LogP contribution in [-0.4, -0.2) is 36.1 Å². The number of carbonyl (C=O) groups excluding carboxylic acids is 1. The average Bonchev–Trinajstić information content (AvgIpc) is 2.48. The summed E-state index contributed by atoms with van der Waals surface area (Å²) < 4.78 is 0. The first-order valence-electron chi connectivity index (χ1n) is 7.41. The van der Waals surface area contributed by atoms with Crippen LogP contribution in [0.5, 0.6) is 0 Å². The first kappa shape index (κ1) is 15.5. The SMILES string of the molecule is CC1CCCNC1C(=O)N(CCC(=O)O)c1ccccc1. The van der Waals surface area contributed by atoms with Gasteiger partial charge in [0.15, 0.2) is 0 Å². The molecule has 1 aliphatic rings. The highest BCUT2D eigenvalue weighted by atomic mass is 16.4. The second-order valence-corrected chi connectivity index (χ2v) is 5.52. The number of benzene rings is 1. The molecule has 2 unspecified atom stereocenters. The van der Waals surface area contributed by atoms with E-state index in [1.165, 1.54) is 0 Å². The van der Waals surface area contributed by atoms with E-state index >= 15 is 0 Å². The minimum absolute atomic E-state index is 0.0327. The van der Waals surface area contributed by atoms with Crippen molar-refractivity contribution < 1.29 is 14.7 Å². The van der Waals surface area contributed by atoms with E-state index in [1.807, 2.05) is 30.3 Å². The van der Waals surface area contributed by atoms with Gasteiger partial charge in [-0.25, -0.2) is 0 Å². The number of piperidine rings is 1. The van der Waals surface area contributed by atoms with Gasteiger partial charge in [0.05, 0.1) is 12.5 Å². The zero-order valence-electron chi connectivity index (χ0n) is 12.3. The molecule has 2 N–H and O–H groups in total. The van der Waals surface area contributed by atoms with E-state index in [2.05, 4.69) is 12.2 Å². The number of rotatable bonds is 5. The second kappa shape index (κ2) is 7.22. The molecule has 5 heteroatoms. The van der Waals surface area contributed by atoms with Crippen molar-refractivity contribution in [1.29, 1.82) is 0 Å². The van der Waals surface area contributed by atoms with Crippen LogP contribution in [0.3, 0.4) is 0 Å². The van der Waals surface area contributed by atoms with Gasteiger partial charge in [0, 0.05) is 12.2 Å². The van der Waals surface area contributed by atoms with E-state index in [9.17, 15) is 9.59 Å². The number of amides is 1. The minimum atomic E-state index is -0.895. The summed E-state index contributed by atoms with van der Waals surface area (Å²) in [5.41, 5.74) is 0.753. The molecular formula is C16H22N2O3. The van der Waals surface area contributed by atoms with Crippen LogP contribution in [-0.2, 0) is 9.59 Å². The number of anilines is 1. The maximum Gasteiger partial charge on any atom is 0.305 e. The summed E-state index contributed by atoms with van der Waals surface area (Å²) in [5, 5.41) is 12.2. The quantitative estimate of drug-likeness (QED) is 0.868. The summed E-state index contributed by atoms with van der Waals surface area (Å²) in [7, 11) is 0. The smallest absolute Gasteiger partial charge is 0.305 e. The lowest BCUT2D eigenvalue weighted by Gasteiger charge is -2.33. The van der Waals surface area contributed by atoms with Crippen molar-refractivity contribution in [3.63, 3.8) is 0 Å². The molecule has 0 saturated carbocycles. The Labute approximate surface area is 125 Å². The predicted molar refractivity (Wildman–Crippen MR) is 81.2 cm³/mol. The van der Waals surface area contributed by atoms with E-state index in [1.54, 1.807) is 4.90 Å². The number of hydrogen-bond donors (Lipinski definition) is 2. The van der Waals surface area contributed by atoms with Crippen LogP contribution in [0.2, 0.25) is 0 Å². The summed E-state index contributed by atoms with van der Waals surface area (Å²) >= 11 is 0. The van der Waals surface area contributed by atoms with Crippen LogP contribution in [0.4, 0.5) is 5.69 Å². The van der Waals surface area contributed by atoms with Crippen LogP contribution in [0.15, 0.2) is 30.3 Å². The molecule has 114 valence electrons. The van der Waals surface area contributed by atoms with Crippen molar-refractivity contribution in [2.45, 2.75) is 32.2 Å². The summed E-state index contributed by atoms with van der Waals surface area (Å²) in [4.78, 5) is 25.2. The normalized spacial score (nSPS) is 21.8. The molecule has 0 aromatic heterocycles. The van der Waals surface area contributed by atoms with Crippen LogP contribution in [0.1, 0.15) is 26.2 Å². The molecule has 2 rings (SSSR count). The Hall–Kier alpha value is -1.88. The van der Waals surface area contributed by atoms with Gasteiger partial charge in [-0.3, -0.25) is 9.59 Å². The predicted octanol–water partition coefficient (Wildman–Crippen LogP) is 1.88. The Morgan fingerprint density at radius 1 is 1.33 bits per heavy atom.